The molecule has 0 unspecified atom stereocenters. The molecule has 4 heteroatoms. The van der Waals surface area contributed by atoms with Gasteiger partial charge in [-0.15, -0.1) is 0 Å². The number of carbonyl (C=O) groups is 1. The van der Waals surface area contributed by atoms with Crippen molar-refractivity contribution in [2.45, 2.75) is 39.5 Å². The van der Waals surface area contributed by atoms with Crippen molar-refractivity contribution in [1.29, 1.82) is 0 Å². The number of aromatic carboxylic acids is 1. The van der Waals surface area contributed by atoms with Gasteiger partial charge in [0, 0.05) is 25.0 Å². The zero-order valence-corrected chi connectivity index (χ0v) is 11.7. The Morgan fingerprint density at radius 2 is 2.00 bits per heavy atom. The number of hydrogen-bond acceptors (Lipinski definition) is 3. The number of carboxylic acids is 1. The molecule has 2 heterocycles. The summed E-state index contributed by atoms with van der Waals surface area (Å²) in [5.74, 6) is -0.963. The first kappa shape index (κ1) is 13.8. The second-order valence-electron chi connectivity index (χ2n) is 5.40. The molecule has 2 rings (SSSR count). The van der Waals surface area contributed by atoms with Gasteiger partial charge in [-0.05, 0) is 30.4 Å². The molecule has 1 aromatic heterocycles. The van der Waals surface area contributed by atoms with E-state index >= 15 is 0 Å². The van der Waals surface area contributed by atoms with Crippen molar-refractivity contribution in [3.8, 4) is 0 Å². The standard InChI is InChI=1S/C15H22N2O2/c1-3-15(4-2)6-9-17(10-7-15)12-5-8-16-13(11-12)14(18)19/h5,8,11H,3-4,6-7,9-10H2,1-2H3,(H,18,19). The van der Waals surface area contributed by atoms with Crippen molar-refractivity contribution in [1.82, 2.24) is 4.98 Å². The van der Waals surface area contributed by atoms with Gasteiger partial charge in [-0.2, -0.15) is 0 Å². The fourth-order valence-corrected chi connectivity index (χ4v) is 2.93. The van der Waals surface area contributed by atoms with Crippen LogP contribution in [-0.4, -0.2) is 29.1 Å². The lowest BCUT2D eigenvalue weighted by molar-refractivity contribution is 0.0690. The number of aromatic nitrogens is 1. The van der Waals surface area contributed by atoms with Crippen molar-refractivity contribution in [3.63, 3.8) is 0 Å². The molecule has 1 N–H and O–H groups in total. The van der Waals surface area contributed by atoms with E-state index in [1.54, 1.807) is 12.3 Å². The molecule has 0 spiro atoms. The second kappa shape index (κ2) is 5.59. The molecular weight excluding hydrogens is 240 g/mol. The Morgan fingerprint density at radius 1 is 1.37 bits per heavy atom. The Hall–Kier alpha value is -1.58. The van der Waals surface area contributed by atoms with Crippen molar-refractivity contribution in [2.75, 3.05) is 18.0 Å². The number of nitrogens with zero attached hydrogens (tertiary/aromatic N) is 2. The van der Waals surface area contributed by atoms with Crippen LogP contribution in [-0.2, 0) is 0 Å². The smallest absolute Gasteiger partial charge is 0.354 e. The molecule has 4 nitrogen and oxygen atoms in total. The van der Waals surface area contributed by atoms with Gasteiger partial charge in [0.05, 0.1) is 0 Å². The number of hydrogen-bond donors (Lipinski definition) is 1. The minimum absolute atomic E-state index is 0.125. The molecule has 1 aromatic rings. The van der Waals surface area contributed by atoms with Crippen LogP contribution < -0.4 is 4.90 Å². The molecule has 1 saturated heterocycles. The summed E-state index contributed by atoms with van der Waals surface area (Å²) in [4.78, 5) is 17.1. The van der Waals surface area contributed by atoms with E-state index in [9.17, 15) is 4.79 Å². The molecule has 0 saturated carbocycles. The summed E-state index contributed by atoms with van der Waals surface area (Å²) in [6.45, 7) is 6.55. The van der Waals surface area contributed by atoms with E-state index in [0.29, 0.717) is 5.41 Å². The molecule has 0 aromatic carbocycles. The Balaban J connectivity index is 2.09. The lowest BCUT2D eigenvalue weighted by Crippen LogP contribution is -2.39. The largest absolute Gasteiger partial charge is 0.477 e. The zero-order valence-electron chi connectivity index (χ0n) is 11.7. The number of pyridine rings is 1. The molecule has 1 fully saturated rings. The first-order valence-electron chi connectivity index (χ1n) is 7.04. The van der Waals surface area contributed by atoms with Gasteiger partial charge in [0.2, 0.25) is 0 Å². The van der Waals surface area contributed by atoms with Gasteiger partial charge in [0.1, 0.15) is 5.69 Å². The van der Waals surface area contributed by atoms with Crippen molar-refractivity contribution >= 4 is 11.7 Å². The van der Waals surface area contributed by atoms with Crippen LogP contribution in [0.1, 0.15) is 50.0 Å². The summed E-state index contributed by atoms with van der Waals surface area (Å²) in [7, 11) is 0. The third-order valence-electron chi connectivity index (χ3n) is 4.65. The topological polar surface area (TPSA) is 53.4 Å². The highest BCUT2D eigenvalue weighted by Gasteiger charge is 2.31. The first-order chi connectivity index (χ1) is 9.10. The number of rotatable bonds is 4. The van der Waals surface area contributed by atoms with E-state index in [4.69, 9.17) is 5.11 Å². The number of piperidine rings is 1. The summed E-state index contributed by atoms with van der Waals surface area (Å²) < 4.78 is 0. The molecule has 0 atom stereocenters. The fraction of sp³-hybridized carbons (Fsp3) is 0.600. The van der Waals surface area contributed by atoms with Gasteiger partial charge in [-0.1, -0.05) is 26.7 Å². The first-order valence-corrected chi connectivity index (χ1v) is 7.04. The predicted molar refractivity (Wildman–Crippen MR) is 75.7 cm³/mol. The SMILES string of the molecule is CCC1(CC)CCN(c2ccnc(C(=O)O)c2)CC1. The summed E-state index contributed by atoms with van der Waals surface area (Å²) >= 11 is 0. The quantitative estimate of drug-likeness (QED) is 0.905. The van der Waals surface area contributed by atoms with Crippen molar-refractivity contribution < 1.29 is 9.90 Å². The van der Waals surface area contributed by atoms with Crippen LogP contribution in [0.4, 0.5) is 5.69 Å². The van der Waals surface area contributed by atoms with E-state index in [-0.39, 0.29) is 5.69 Å². The average Bonchev–Trinajstić information content (AvgIpc) is 2.47. The summed E-state index contributed by atoms with van der Waals surface area (Å²) in [6, 6.07) is 3.57. The van der Waals surface area contributed by atoms with Crippen LogP contribution in [0.25, 0.3) is 0 Å². The van der Waals surface area contributed by atoms with E-state index in [0.717, 1.165) is 18.8 Å². The van der Waals surface area contributed by atoms with Crippen LogP contribution in [0.15, 0.2) is 18.3 Å². The van der Waals surface area contributed by atoms with E-state index in [1.807, 2.05) is 6.07 Å². The second-order valence-corrected chi connectivity index (χ2v) is 5.40. The third kappa shape index (κ3) is 2.88. The summed E-state index contributed by atoms with van der Waals surface area (Å²) in [6.07, 6.45) is 6.41. The number of anilines is 1. The number of carboxylic acid groups (broad SMARTS) is 1. The minimum Gasteiger partial charge on any atom is -0.477 e. The van der Waals surface area contributed by atoms with Gasteiger partial charge >= 0.3 is 5.97 Å². The highest BCUT2D eigenvalue weighted by Crippen LogP contribution is 2.39. The lowest BCUT2D eigenvalue weighted by atomic mass is 9.74. The molecule has 0 bridgehead atoms. The Kier molecular flexibility index (Phi) is 4.08. The maximum absolute atomic E-state index is 11.0. The molecule has 1 aliphatic heterocycles. The summed E-state index contributed by atoms with van der Waals surface area (Å²) in [5.41, 5.74) is 1.59. The molecule has 104 valence electrons. The van der Waals surface area contributed by atoms with Crippen LogP contribution in [0.5, 0.6) is 0 Å². The summed E-state index contributed by atoms with van der Waals surface area (Å²) in [5, 5.41) is 8.99. The van der Waals surface area contributed by atoms with Gasteiger partial charge in [0.25, 0.3) is 0 Å². The lowest BCUT2D eigenvalue weighted by Gasteiger charge is -2.42. The van der Waals surface area contributed by atoms with Crippen LogP contribution >= 0.6 is 0 Å². The van der Waals surface area contributed by atoms with Crippen LogP contribution in [0, 0.1) is 5.41 Å². The Bertz CT molecular complexity index is 445. The van der Waals surface area contributed by atoms with E-state index in [2.05, 4.69) is 23.7 Å². The molecule has 0 amide bonds. The highest BCUT2D eigenvalue weighted by molar-refractivity contribution is 5.86. The fourth-order valence-electron chi connectivity index (χ4n) is 2.93. The highest BCUT2D eigenvalue weighted by atomic mass is 16.4. The van der Waals surface area contributed by atoms with E-state index < -0.39 is 5.97 Å². The Morgan fingerprint density at radius 3 is 2.53 bits per heavy atom. The van der Waals surface area contributed by atoms with Crippen molar-refractivity contribution in [2.24, 2.45) is 5.41 Å². The third-order valence-corrected chi connectivity index (χ3v) is 4.65. The van der Waals surface area contributed by atoms with Crippen LogP contribution in [0.2, 0.25) is 0 Å². The maximum Gasteiger partial charge on any atom is 0.354 e. The van der Waals surface area contributed by atoms with Gasteiger partial charge in [0.15, 0.2) is 0 Å². The van der Waals surface area contributed by atoms with Crippen LogP contribution in [0.3, 0.4) is 0 Å². The monoisotopic (exact) mass is 262 g/mol. The average molecular weight is 262 g/mol. The molecule has 19 heavy (non-hydrogen) atoms. The molecule has 1 aliphatic rings. The predicted octanol–water partition coefficient (Wildman–Crippen LogP) is 3.19. The molecule has 0 radical (unpaired) electrons. The molecular formula is C15H22N2O2. The maximum atomic E-state index is 11.0. The van der Waals surface area contributed by atoms with Crippen molar-refractivity contribution in [3.05, 3.63) is 24.0 Å². The van der Waals surface area contributed by atoms with Gasteiger partial charge in [-0.25, -0.2) is 9.78 Å². The van der Waals surface area contributed by atoms with Gasteiger partial charge < -0.3 is 10.0 Å². The van der Waals surface area contributed by atoms with E-state index in [1.165, 1.54) is 25.7 Å². The normalized spacial score (nSPS) is 18.3. The Labute approximate surface area is 114 Å². The van der Waals surface area contributed by atoms with Gasteiger partial charge in [-0.3, -0.25) is 0 Å². The molecule has 0 aliphatic carbocycles. The zero-order chi connectivity index (χ0) is 13.9. The minimum atomic E-state index is -0.963.